The third-order valence-electron chi connectivity index (χ3n) is 4.82. The van der Waals surface area contributed by atoms with Crippen LogP contribution in [0.3, 0.4) is 0 Å². The first-order valence-electron chi connectivity index (χ1n) is 9.86. The number of ether oxygens (including phenoxy) is 1. The number of imidazole rings is 1. The normalized spacial score (nSPS) is 15.9. The maximum absolute atomic E-state index is 12.4. The van der Waals surface area contributed by atoms with Crippen molar-refractivity contribution < 1.29 is 22.7 Å². The highest BCUT2D eigenvalue weighted by atomic mass is 19.4. The van der Waals surface area contributed by atoms with E-state index >= 15 is 0 Å². The maximum atomic E-state index is 12.4. The fraction of sp³-hybridized carbons (Fsp3) is 0.600. The number of nitrogens with zero attached hydrogens (tertiary/aromatic N) is 4. The van der Waals surface area contributed by atoms with Crippen molar-refractivity contribution in [1.82, 2.24) is 24.8 Å². The first-order chi connectivity index (χ1) is 14.0. The summed E-state index contributed by atoms with van der Waals surface area (Å²) in [6, 6.07) is 0. The van der Waals surface area contributed by atoms with Crippen LogP contribution in [0.15, 0.2) is 18.6 Å². The van der Waals surface area contributed by atoms with Crippen LogP contribution in [0.25, 0.3) is 11.4 Å². The fourth-order valence-corrected chi connectivity index (χ4v) is 3.35. The molecule has 0 unspecified atom stereocenters. The molecule has 1 fully saturated rings. The number of aromatic nitrogens is 4. The van der Waals surface area contributed by atoms with E-state index in [0.29, 0.717) is 17.3 Å². The van der Waals surface area contributed by atoms with Gasteiger partial charge in [-0.3, -0.25) is 9.78 Å². The lowest BCUT2D eigenvalue weighted by Gasteiger charge is -2.25. The van der Waals surface area contributed by atoms with Gasteiger partial charge < -0.3 is 14.6 Å². The van der Waals surface area contributed by atoms with Gasteiger partial charge in [0.2, 0.25) is 0 Å². The Balaban J connectivity index is 1.85. The molecule has 0 spiro atoms. The van der Waals surface area contributed by atoms with Crippen LogP contribution in [0.5, 0.6) is 0 Å². The Morgan fingerprint density at radius 1 is 1.17 bits per heavy atom. The van der Waals surface area contributed by atoms with Crippen LogP contribution in [-0.2, 0) is 16.7 Å². The number of rotatable bonds is 5. The number of nitrogens with one attached hydrogen (secondary N) is 1. The SMILES string of the molecule is CC(C)(C)c1nc(-c2cncc(C(=O)NCC(F)(F)F)n2)cn1CC1CCOCC1. The summed E-state index contributed by atoms with van der Waals surface area (Å²) >= 11 is 0. The Morgan fingerprint density at radius 3 is 2.50 bits per heavy atom. The summed E-state index contributed by atoms with van der Waals surface area (Å²) in [7, 11) is 0. The van der Waals surface area contributed by atoms with Crippen molar-refractivity contribution >= 4 is 5.91 Å². The fourth-order valence-electron chi connectivity index (χ4n) is 3.35. The van der Waals surface area contributed by atoms with E-state index in [4.69, 9.17) is 9.72 Å². The molecular formula is C20H26F3N5O2. The molecule has 0 bridgehead atoms. The Morgan fingerprint density at radius 2 is 1.87 bits per heavy atom. The molecule has 1 saturated heterocycles. The molecule has 1 amide bonds. The zero-order valence-corrected chi connectivity index (χ0v) is 17.3. The van der Waals surface area contributed by atoms with Crippen molar-refractivity contribution in [3.05, 3.63) is 30.1 Å². The molecule has 2 aromatic heterocycles. The molecule has 1 aliphatic rings. The molecule has 30 heavy (non-hydrogen) atoms. The average Bonchev–Trinajstić information content (AvgIpc) is 3.11. The Bertz CT molecular complexity index is 883. The molecule has 0 aliphatic carbocycles. The zero-order chi connectivity index (χ0) is 21.9. The van der Waals surface area contributed by atoms with Crippen LogP contribution < -0.4 is 5.32 Å². The number of carbonyl (C=O) groups excluding carboxylic acids is 1. The van der Waals surface area contributed by atoms with Crippen molar-refractivity contribution in [2.45, 2.75) is 51.7 Å². The Labute approximate surface area is 173 Å². The topological polar surface area (TPSA) is 81.9 Å². The lowest BCUT2D eigenvalue weighted by atomic mass is 9.94. The summed E-state index contributed by atoms with van der Waals surface area (Å²) in [5.74, 6) is 0.421. The van der Waals surface area contributed by atoms with E-state index in [1.807, 2.05) is 11.5 Å². The Hall–Kier alpha value is -2.49. The monoisotopic (exact) mass is 425 g/mol. The summed E-state index contributed by atoms with van der Waals surface area (Å²) in [5.41, 5.74) is 0.460. The number of hydrogen-bond acceptors (Lipinski definition) is 5. The second-order valence-corrected chi connectivity index (χ2v) is 8.50. The third-order valence-corrected chi connectivity index (χ3v) is 4.82. The smallest absolute Gasteiger partial charge is 0.381 e. The highest BCUT2D eigenvalue weighted by Crippen LogP contribution is 2.28. The second kappa shape index (κ2) is 8.71. The molecular weight excluding hydrogens is 399 g/mol. The summed E-state index contributed by atoms with van der Waals surface area (Å²) in [5, 5.41) is 1.81. The van der Waals surface area contributed by atoms with Gasteiger partial charge in [0.05, 0.1) is 12.4 Å². The largest absolute Gasteiger partial charge is 0.405 e. The lowest BCUT2D eigenvalue weighted by molar-refractivity contribution is -0.123. The van der Waals surface area contributed by atoms with Gasteiger partial charge in [-0.1, -0.05) is 20.8 Å². The second-order valence-electron chi connectivity index (χ2n) is 8.50. The molecule has 3 rings (SSSR count). The van der Waals surface area contributed by atoms with Gasteiger partial charge in [0.1, 0.15) is 29.5 Å². The standard InChI is InChI=1S/C20H26F3N5O2/c1-19(2,3)18-27-16(11-28(18)10-13-4-6-30-7-5-13)14-8-24-9-15(26-14)17(29)25-12-20(21,22)23/h8-9,11,13H,4-7,10,12H2,1-3H3,(H,25,29). The molecule has 1 aliphatic heterocycles. The van der Waals surface area contributed by atoms with E-state index in [1.54, 1.807) is 0 Å². The lowest BCUT2D eigenvalue weighted by Crippen LogP contribution is -2.34. The van der Waals surface area contributed by atoms with E-state index in [2.05, 4.69) is 35.3 Å². The van der Waals surface area contributed by atoms with Gasteiger partial charge >= 0.3 is 6.18 Å². The van der Waals surface area contributed by atoms with Gasteiger partial charge in [-0.15, -0.1) is 0 Å². The molecule has 1 N–H and O–H groups in total. The molecule has 10 heteroatoms. The van der Waals surface area contributed by atoms with Gasteiger partial charge in [0.15, 0.2) is 0 Å². The van der Waals surface area contributed by atoms with Gasteiger partial charge in [0, 0.05) is 31.4 Å². The predicted molar refractivity (Wildman–Crippen MR) is 104 cm³/mol. The van der Waals surface area contributed by atoms with Crippen molar-refractivity contribution in [3.63, 3.8) is 0 Å². The van der Waals surface area contributed by atoms with Gasteiger partial charge in [-0.25, -0.2) is 9.97 Å². The number of amides is 1. The highest BCUT2D eigenvalue weighted by Gasteiger charge is 2.29. The molecule has 7 nitrogen and oxygen atoms in total. The summed E-state index contributed by atoms with van der Waals surface area (Å²) in [6.45, 7) is 7.05. The van der Waals surface area contributed by atoms with Crippen LogP contribution in [0, 0.1) is 5.92 Å². The molecule has 3 heterocycles. The minimum Gasteiger partial charge on any atom is -0.381 e. The molecule has 0 saturated carbocycles. The molecule has 0 radical (unpaired) electrons. The van der Waals surface area contributed by atoms with Crippen LogP contribution in [-0.4, -0.2) is 51.4 Å². The highest BCUT2D eigenvalue weighted by molar-refractivity contribution is 5.92. The summed E-state index contributed by atoms with van der Waals surface area (Å²) in [6.07, 6.45) is 1.92. The van der Waals surface area contributed by atoms with Crippen LogP contribution in [0.2, 0.25) is 0 Å². The zero-order valence-electron chi connectivity index (χ0n) is 17.3. The summed E-state index contributed by atoms with van der Waals surface area (Å²) in [4.78, 5) is 24.9. The van der Waals surface area contributed by atoms with E-state index in [0.717, 1.165) is 44.6 Å². The quantitative estimate of drug-likeness (QED) is 0.795. The minimum absolute atomic E-state index is 0.187. The first kappa shape index (κ1) is 22.2. The summed E-state index contributed by atoms with van der Waals surface area (Å²) < 4.78 is 44.6. The van der Waals surface area contributed by atoms with Crippen molar-refractivity contribution in [1.29, 1.82) is 0 Å². The van der Waals surface area contributed by atoms with Gasteiger partial charge in [-0.05, 0) is 18.8 Å². The first-order valence-corrected chi connectivity index (χ1v) is 9.86. The number of carbonyl (C=O) groups is 1. The van der Waals surface area contributed by atoms with E-state index in [9.17, 15) is 18.0 Å². The van der Waals surface area contributed by atoms with Gasteiger partial charge in [-0.2, -0.15) is 13.2 Å². The number of hydrogen-bond donors (Lipinski definition) is 1. The number of alkyl halides is 3. The average molecular weight is 425 g/mol. The minimum atomic E-state index is -4.49. The third kappa shape index (κ3) is 5.78. The van der Waals surface area contributed by atoms with Crippen molar-refractivity contribution in [3.8, 4) is 11.4 Å². The maximum Gasteiger partial charge on any atom is 0.405 e. The van der Waals surface area contributed by atoms with E-state index in [-0.39, 0.29) is 11.1 Å². The van der Waals surface area contributed by atoms with Crippen molar-refractivity contribution in [2.24, 2.45) is 5.92 Å². The Kier molecular flexibility index (Phi) is 6.44. The molecule has 0 atom stereocenters. The van der Waals surface area contributed by atoms with E-state index < -0.39 is 18.6 Å². The van der Waals surface area contributed by atoms with Crippen molar-refractivity contribution in [2.75, 3.05) is 19.8 Å². The van der Waals surface area contributed by atoms with E-state index in [1.165, 1.54) is 6.20 Å². The number of halogens is 3. The molecule has 164 valence electrons. The molecule has 0 aromatic carbocycles. The van der Waals surface area contributed by atoms with Gasteiger partial charge in [0.25, 0.3) is 5.91 Å². The molecule has 2 aromatic rings. The van der Waals surface area contributed by atoms with Crippen LogP contribution in [0.4, 0.5) is 13.2 Å². The van der Waals surface area contributed by atoms with Crippen LogP contribution >= 0.6 is 0 Å². The van der Waals surface area contributed by atoms with Crippen LogP contribution in [0.1, 0.15) is 49.9 Å². The predicted octanol–water partition coefficient (Wildman–Crippen LogP) is 3.36.